The summed E-state index contributed by atoms with van der Waals surface area (Å²) in [5.41, 5.74) is 0.341. The number of methoxy groups -OCH3 is 1. The number of hydrogen-bond donors (Lipinski definition) is 1. The van der Waals surface area contributed by atoms with E-state index in [2.05, 4.69) is 5.32 Å². The molecule has 0 heterocycles. The summed E-state index contributed by atoms with van der Waals surface area (Å²) in [6.45, 7) is 0. The number of benzene rings is 1. The van der Waals surface area contributed by atoms with Crippen molar-refractivity contribution in [2.24, 2.45) is 0 Å². The third kappa shape index (κ3) is 1.59. The first kappa shape index (κ1) is 11.1. The number of ether oxygens (including phenoxy) is 1. The van der Waals surface area contributed by atoms with Crippen LogP contribution in [0, 0.1) is 5.82 Å². The van der Waals surface area contributed by atoms with E-state index >= 15 is 0 Å². The van der Waals surface area contributed by atoms with E-state index < -0.39 is 5.54 Å². The largest absolute Gasteiger partial charge is 0.468 e. The monoisotopic (exact) mass is 223 g/mol. The Hall–Kier alpha value is -1.42. The van der Waals surface area contributed by atoms with Crippen LogP contribution in [0.5, 0.6) is 0 Å². The number of rotatable bonds is 3. The summed E-state index contributed by atoms with van der Waals surface area (Å²) in [5, 5.41) is 3.00. The van der Waals surface area contributed by atoms with E-state index in [1.807, 2.05) is 0 Å². The average Bonchev–Trinajstić information content (AvgIpc) is 3.05. The zero-order valence-electron chi connectivity index (χ0n) is 9.29. The second-order valence-corrected chi connectivity index (χ2v) is 4.02. The van der Waals surface area contributed by atoms with Crippen molar-refractivity contribution < 1.29 is 13.9 Å². The summed E-state index contributed by atoms with van der Waals surface area (Å²) in [6, 6.07) is 6.24. The average molecular weight is 223 g/mol. The van der Waals surface area contributed by atoms with Gasteiger partial charge in [0, 0.05) is 5.92 Å². The molecule has 86 valence electrons. The molecular formula is C12H14FNO2. The second kappa shape index (κ2) is 3.87. The van der Waals surface area contributed by atoms with Crippen LogP contribution in [0.25, 0.3) is 0 Å². The Kier molecular flexibility index (Phi) is 2.68. The first-order valence-electron chi connectivity index (χ1n) is 5.17. The Labute approximate surface area is 93.6 Å². The van der Waals surface area contributed by atoms with Gasteiger partial charge >= 0.3 is 5.97 Å². The molecule has 0 aromatic heterocycles. The van der Waals surface area contributed by atoms with Crippen LogP contribution in [0.1, 0.15) is 17.9 Å². The van der Waals surface area contributed by atoms with Crippen molar-refractivity contribution in [3.8, 4) is 0 Å². The number of halogens is 1. The van der Waals surface area contributed by atoms with Crippen LogP contribution in [-0.2, 0) is 9.53 Å². The van der Waals surface area contributed by atoms with Gasteiger partial charge in [0.05, 0.1) is 7.11 Å². The molecule has 0 spiro atoms. The summed E-state index contributed by atoms with van der Waals surface area (Å²) in [6.07, 6.45) is 0.696. The number of likely N-dealkylation sites (N-methyl/N-ethyl adjacent to an activating group) is 1. The maximum atomic E-state index is 12.8. The lowest BCUT2D eigenvalue weighted by atomic mass is 10.1. The number of carbonyl (C=O) groups is 1. The first-order valence-corrected chi connectivity index (χ1v) is 5.17. The molecule has 1 aromatic carbocycles. The van der Waals surface area contributed by atoms with Gasteiger partial charge in [-0.1, -0.05) is 12.1 Å². The summed E-state index contributed by atoms with van der Waals surface area (Å²) in [4.78, 5) is 11.6. The molecular weight excluding hydrogens is 209 g/mol. The molecule has 0 radical (unpaired) electrons. The molecule has 1 aliphatic rings. The highest BCUT2D eigenvalue weighted by Gasteiger charge is 2.60. The Morgan fingerprint density at radius 1 is 1.50 bits per heavy atom. The molecule has 1 aliphatic carbocycles. The van der Waals surface area contributed by atoms with Gasteiger partial charge in [-0.2, -0.15) is 0 Å². The van der Waals surface area contributed by atoms with Crippen molar-refractivity contribution in [3.63, 3.8) is 0 Å². The lowest BCUT2D eigenvalue weighted by Gasteiger charge is -2.13. The molecule has 1 aromatic rings. The van der Waals surface area contributed by atoms with Gasteiger partial charge in [-0.05, 0) is 31.2 Å². The van der Waals surface area contributed by atoms with Crippen LogP contribution < -0.4 is 5.32 Å². The van der Waals surface area contributed by atoms with E-state index in [0.717, 1.165) is 5.56 Å². The molecule has 1 saturated carbocycles. The van der Waals surface area contributed by atoms with Gasteiger partial charge in [0.2, 0.25) is 0 Å². The van der Waals surface area contributed by atoms with Crippen LogP contribution in [-0.4, -0.2) is 25.7 Å². The fourth-order valence-electron chi connectivity index (χ4n) is 2.15. The standard InChI is InChI=1S/C12H14FNO2/c1-14-12(11(15)16-2)7-10(12)8-3-5-9(13)6-4-8/h3-6,10,14H,7H2,1-2H3. The van der Waals surface area contributed by atoms with Gasteiger partial charge in [-0.25, -0.2) is 4.39 Å². The van der Waals surface area contributed by atoms with Crippen molar-refractivity contribution in [3.05, 3.63) is 35.6 Å². The maximum Gasteiger partial charge on any atom is 0.326 e. The minimum atomic E-state index is -0.618. The van der Waals surface area contributed by atoms with Gasteiger partial charge in [0.15, 0.2) is 0 Å². The molecule has 16 heavy (non-hydrogen) atoms. The molecule has 1 N–H and O–H groups in total. The zero-order valence-corrected chi connectivity index (χ0v) is 9.29. The molecule has 3 nitrogen and oxygen atoms in total. The van der Waals surface area contributed by atoms with Crippen LogP contribution in [0.2, 0.25) is 0 Å². The number of hydrogen-bond acceptors (Lipinski definition) is 3. The van der Waals surface area contributed by atoms with Crippen LogP contribution in [0.15, 0.2) is 24.3 Å². The molecule has 2 unspecified atom stereocenters. The Balaban J connectivity index is 2.20. The predicted molar refractivity (Wildman–Crippen MR) is 57.6 cm³/mol. The number of carbonyl (C=O) groups excluding carboxylic acids is 1. The molecule has 0 aliphatic heterocycles. The minimum absolute atomic E-state index is 0.0746. The lowest BCUT2D eigenvalue weighted by Crippen LogP contribution is -2.39. The summed E-state index contributed by atoms with van der Waals surface area (Å²) >= 11 is 0. The topological polar surface area (TPSA) is 38.3 Å². The highest BCUT2D eigenvalue weighted by Crippen LogP contribution is 2.51. The Bertz CT molecular complexity index is 404. The fourth-order valence-corrected chi connectivity index (χ4v) is 2.15. The van der Waals surface area contributed by atoms with Gasteiger partial charge in [0.25, 0.3) is 0 Å². The van der Waals surface area contributed by atoms with Crippen molar-refractivity contribution >= 4 is 5.97 Å². The summed E-state index contributed by atoms with van der Waals surface area (Å²) < 4.78 is 17.5. The SMILES string of the molecule is CNC1(C(=O)OC)CC1c1ccc(F)cc1. The van der Waals surface area contributed by atoms with E-state index in [1.165, 1.54) is 19.2 Å². The van der Waals surface area contributed by atoms with E-state index in [1.54, 1.807) is 19.2 Å². The Morgan fingerprint density at radius 3 is 2.62 bits per heavy atom. The van der Waals surface area contributed by atoms with Gasteiger partial charge in [-0.15, -0.1) is 0 Å². The van der Waals surface area contributed by atoms with Gasteiger partial charge < -0.3 is 10.1 Å². The highest BCUT2D eigenvalue weighted by molar-refractivity contribution is 5.86. The lowest BCUT2D eigenvalue weighted by molar-refractivity contribution is -0.144. The molecule has 0 saturated heterocycles. The smallest absolute Gasteiger partial charge is 0.326 e. The summed E-state index contributed by atoms with van der Waals surface area (Å²) in [5.74, 6) is -0.451. The van der Waals surface area contributed by atoms with Gasteiger partial charge in [0.1, 0.15) is 11.4 Å². The third-order valence-corrected chi connectivity index (χ3v) is 3.23. The molecule has 2 rings (SSSR count). The van der Waals surface area contributed by atoms with Crippen LogP contribution >= 0.6 is 0 Å². The molecule has 0 bridgehead atoms. The predicted octanol–water partition coefficient (Wildman–Crippen LogP) is 1.44. The fraction of sp³-hybridized carbons (Fsp3) is 0.417. The summed E-state index contributed by atoms with van der Waals surface area (Å²) in [7, 11) is 3.11. The van der Waals surface area contributed by atoms with E-state index in [-0.39, 0.29) is 17.7 Å². The molecule has 0 amide bonds. The van der Waals surface area contributed by atoms with Crippen molar-refractivity contribution in [1.29, 1.82) is 0 Å². The Morgan fingerprint density at radius 2 is 2.12 bits per heavy atom. The second-order valence-electron chi connectivity index (χ2n) is 4.02. The van der Waals surface area contributed by atoms with Crippen molar-refractivity contribution in [2.75, 3.05) is 14.2 Å². The molecule has 1 fully saturated rings. The zero-order chi connectivity index (χ0) is 11.8. The molecule has 2 atom stereocenters. The quantitative estimate of drug-likeness (QED) is 0.788. The van der Waals surface area contributed by atoms with E-state index in [0.29, 0.717) is 6.42 Å². The molecule has 4 heteroatoms. The minimum Gasteiger partial charge on any atom is -0.468 e. The van der Waals surface area contributed by atoms with Gasteiger partial charge in [-0.3, -0.25) is 4.79 Å². The van der Waals surface area contributed by atoms with E-state index in [4.69, 9.17) is 4.74 Å². The highest BCUT2D eigenvalue weighted by atomic mass is 19.1. The number of nitrogens with one attached hydrogen (secondary N) is 1. The first-order chi connectivity index (χ1) is 7.64. The van der Waals surface area contributed by atoms with Crippen LogP contribution in [0.4, 0.5) is 4.39 Å². The maximum absolute atomic E-state index is 12.8. The van der Waals surface area contributed by atoms with Crippen molar-refractivity contribution in [1.82, 2.24) is 5.32 Å². The van der Waals surface area contributed by atoms with Crippen LogP contribution in [0.3, 0.4) is 0 Å². The normalized spacial score (nSPS) is 27.6. The van der Waals surface area contributed by atoms with E-state index in [9.17, 15) is 9.18 Å². The third-order valence-electron chi connectivity index (χ3n) is 3.23. The number of esters is 1. The van der Waals surface area contributed by atoms with Crippen molar-refractivity contribution in [2.45, 2.75) is 17.9 Å².